The molecule has 1 fully saturated rings. The van der Waals surface area contributed by atoms with Crippen LogP contribution in [-0.2, 0) is 9.53 Å². The van der Waals surface area contributed by atoms with Gasteiger partial charge in [-0.1, -0.05) is 0 Å². The van der Waals surface area contributed by atoms with Gasteiger partial charge in [0.05, 0.1) is 6.10 Å². The van der Waals surface area contributed by atoms with Gasteiger partial charge in [-0.05, 0) is 32.2 Å². The quantitative estimate of drug-likeness (QED) is 0.626. The summed E-state index contributed by atoms with van der Waals surface area (Å²) in [4.78, 5) is 10.2. The van der Waals surface area contributed by atoms with E-state index < -0.39 is 5.97 Å². The van der Waals surface area contributed by atoms with Crippen molar-refractivity contribution in [2.45, 2.75) is 32.3 Å². The molecule has 1 aliphatic rings. The Hall–Kier alpha value is -0.610. The van der Waals surface area contributed by atoms with E-state index in [1.54, 1.807) is 0 Å². The molecule has 2 atom stereocenters. The molecule has 2 N–H and O–H groups in total. The zero-order valence-electron chi connectivity index (χ0n) is 8.66. The molecule has 0 amide bonds. The second-order valence-electron chi connectivity index (χ2n) is 3.83. The van der Waals surface area contributed by atoms with E-state index in [9.17, 15) is 4.79 Å². The average Bonchev–Trinajstić information content (AvgIpc) is 2.51. The summed E-state index contributed by atoms with van der Waals surface area (Å²) < 4.78 is 5.43. The fourth-order valence-electron chi connectivity index (χ4n) is 1.70. The summed E-state index contributed by atoms with van der Waals surface area (Å²) >= 11 is 0. The van der Waals surface area contributed by atoms with Crippen LogP contribution in [0, 0.1) is 5.92 Å². The molecular formula is C10H19NO3. The monoisotopic (exact) mass is 201 g/mol. The van der Waals surface area contributed by atoms with Crippen molar-refractivity contribution in [1.82, 2.24) is 5.32 Å². The fourth-order valence-corrected chi connectivity index (χ4v) is 1.70. The molecule has 82 valence electrons. The van der Waals surface area contributed by atoms with Crippen LogP contribution in [0.1, 0.15) is 26.2 Å². The Balaban J connectivity index is 1.95. The maximum absolute atomic E-state index is 10.2. The van der Waals surface area contributed by atoms with Gasteiger partial charge in [-0.25, -0.2) is 0 Å². The molecule has 0 aromatic heterocycles. The van der Waals surface area contributed by atoms with E-state index in [-0.39, 0.29) is 6.42 Å². The normalized spacial score (nSPS) is 26.6. The molecule has 0 saturated carbocycles. The molecular weight excluding hydrogens is 182 g/mol. The molecule has 4 heteroatoms. The highest BCUT2D eigenvalue weighted by Crippen LogP contribution is 2.19. The lowest BCUT2D eigenvalue weighted by Gasteiger charge is -2.14. The Morgan fingerprint density at radius 1 is 1.64 bits per heavy atom. The minimum Gasteiger partial charge on any atom is -0.481 e. The zero-order chi connectivity index (χ0) is 10.4. The third-order valence-electron chi connectivity index (χ3n) is 2.68. The summed E-state index contributed by atoms with van der Waals surface area (Å²) in [5.74, 6) is -0.121. The van der Waals surface area contributed by atoms with Crippen LogP contribution in [0.2, 0.25) is 0 Å². The fraction of sp³-hybridized carbons (Fsp3) is 0.900. The second-order valence-corrected chi connectivity index (χ2v) is 3.83. The summed E-state index contributed by atoms with van der Waals surface area (Å²) in [6.07, 6.45) is 2.43. The number of carboxylic acids is 1. The van der Waals surface area contributed by atoms with Crippen LogP contribution in [0.5, 0.6) is 0 Å². The lowest BCUT2D eigenvalue weighted by atomic mass is 10.0. The van der Waals surface area contributed by atoms with E-state index in [1.807, 2.05) is 0 Å². The second kappa shape index (κ2) is 5.98. The first-order valence-corrected chi connectivity index (χ1v) is 5.24. The molecule has 14 heavy (non-hydrogen) atoms. The SMILES string of the molecule is CC1OCCC1CNCCCC(=O)O. The maximum atomic E-state index is 10.2. The van der Waals surface area contributed by atoms with Gasteiger partial charge in [0.1, 0.15) is 0 Å². The van der Waals surface area contributed by atoms with Crippen molar-refractivity contribution in [3.05, 3.63) is 0 Å². The largest absolute Gasteiger partial charge is 0.481 e. The molecule has 0 aromatic rings. The predicted octanol–water partition coefficient (Wildman–Crippen LogP) is 0.866. The van der Waals surface area contributed by atoms with Crippen molar-refractivity contribution >= 4 is 5.97 Å². The highest BCUT2D eigenvalue weighted by molar-refractivity contribution is 5.66. The van der Waals surface area contributed by atoms with E-state index >= 15 is 0 Å². The molecule has 1 aliphatic heterocycles. The van der Waals surface area contributed by atoms with Gasteiger partial charge in [0.2, 0.25) is 0 Å². The Morgan fingerprint density at radius 2 is 2.43 bits per heavy atom. The van der Waals surface area contributed by atoms with Crippen LogP contribution in [0.25, 0.3) is 0 Å². The molecule has 0 aromatic carbocycles. The predicted molar refractivity (Wildman–Crippen MR) is 53.3 cm³/mol. The number of nitrogens with one attached hydrogen (secondary N) is 1. The average molecular weight is 201 g/mol. The van der Waals surface area contributed by atoms with Gasteiger partial charge in [-0.15, -0.1) is 0 Å². The Labute approximate surface area is 84.6 Å². The van der Waals surface area contributed by atoms with Crippen molar-refractivity contribution in [2.24, 2.45) is 5.92 Å². The van der Waals surface area contributed by atoms with Crippen LogP contribution in [0.15, 0.2) is 0 Å². The molecule has 0 aliphatic carbocycles. The minimum absolute atomic E-state index is 0.254. The third-order valence-corrected chi connectivity index (χ3v) is 2.68. The van der Waals surface area contributed by atoms with Crippen molar-refractivity contribution in [3.63, 3.8) is 0 Å². The van der Waals surface area contributed by atoms with Gasteiger partial charge in [0.15, 0.2) is 0 Å². The lowest BCUT2D eigenvalue weighted by molar-refractivity contribution is -0.137. The topological polar surface area (TPSA) is 58.6 Å². The smallest absolute Gasteiger partial charge is 0.303 e. The minimum atomic E-state index is -0.718. The van der Waals surface area contributed by atoms with Gasteiger partial charge < -0.3 is 15.2 Å². The lowest BCUT2D eigenvalue weighted by Crippen LogP contribution is -2.27. The molecule has 1 rings (SSSR count). The van der Waals surface area contributed by atoms with Crippen molar-refractivity contribution in [3.8, 4) is 0 Å². The Morgan fingerprint density at radius 3 is 3.00 bits per heavy atom. The van der Waals surface area contributed by atoms with Crippen LogP contribution in [-0.4, -0.2) is 36.9 Å². The number of hydrogen-bond donors (Lipinski definition) is 2. The van der Waals surface area contributed by atoms with Gasteiger partial charge in [0, 0.05) is 19.6 Å². The summed E-state index contributed by atoms with van der Waals surface area (Å²) in [7, 11) is 0. The van der Waals surface area contributed by atoms with E-state index in [4.69, 9.17) is 9.84 Å². The number of rotatable bonds is 6. The number of ether oxygens (including phenoxy) is 1. The van der Waals surface area contributed by atoms with E-state index in [2.05, 4.69) is 12.2 Å². The standard InChI is InChI=1S/C10H19NO3/c1-8-9(4-6-14-8)7-11-5-2-3-10(12)13/h8-9,11H,2-7H2,1H3,(H,12,13). The van der Waals surface area contributed by atoms with Gasteiger partial charge >= 0.3 is 5.97 Å². The van der Waals surface area contributed by atoms with Gasteiger partial charge in [-0.2, -0.15) is 0 Å². The summed E-state index contributed by atoms with van der Waals surface area (Å²) in [6.45, 7) is 4.69. The first kappa shape index (κ1) is 11.5. The summed E-state index contributed by atoms with van der Waals surface area (Å²) in [5.41, 5.74) is 0. The van der Waals surface area contributed by atoms with Crippen LogP contribution in [0.3, 0.4) is 0 Å². The first-order chi connectivity index (χ1) is 6.70. The highest BCUT2D eigenvalue weighted by Gasteiger charge is 2.23. The maximum Gasteiger partial charge on any atom is 0.303 e. The van der Waals surface area contributed by atoms with Crippen LogP contribution in [0.4, 0.5) is 0 Å². The van der Waals surface area contributed by atoms with Crippen molar-refractivity contribution in [1.29, 1.82) is 0 Å². The molecule has 0 bridgehead atoms. The molecule has 1 heterocycles. The Bertz CT molecular complexity index is 184. The number of hydrogen-bond acceptors (Lipinski definition) is 3. The molecule has 4 nitrogen and oxygen atoms in total. The summed E-state index contributed by atoms with van der Waals surface area (Å²) in [5, 5.41) is 11.7. The molecule has 2 unspecified atom stereocenters. The number of aliphatic carboxylic acids is 1. The van der Waals surface area contributed by atoms with Crippen molar-refractivity contribution in [2.75, 3.05) is 19.7 Å². The molecule has 0 radical (unpaired) electrons. The van der Waals surface area contributed by atoms with Crippen LogP contribution >= 0.6 is 0 Å². The van der Waals surface area contributed by atoms with E-state index in [0.29, 0.717) is 18.4 Å². The summed E-state index contributed by atoms with van der Waals surface area (Å²) in [6, 6.07) is 0. The highest BCUT2D eigenvalue weighted by atomic mass is 16.5. The number of carboxylic acid groups (broad SMARTS) is 1. The molecule has 1 saturated heterocycles. The molecule has 0 spiro atoms. The third kappa shape index (κ3) is 4.07. The Kier molecular flexibility index (Phi) is 4.90. The number of carbonyl (C=O) groups is 1. The van der Waals surface area contributed by atoms with Gasteiger partial charge in [-0.3, -0.25) is 4.79 Å². The van der Waals surface area contributed by atoms with E-state index in [1.165, 1.54) is 0 Å². The zero-order valence-corrected chi connectivity index (χ0v) is 8.66. The van der Waals surface area contributed by atoms with Gasteiger partial charge in [0.25, 0.3) is 0 Å². The first-order valence-electron chi connectivity index (χ1n) is 5.24. The van der Waals surface area contributed by atoms with Crippen molar-refractivity contribution < 1.29 is 14.6 Å². The van der Waals surface area contributed by atoms with Crippen LogP contribution < -0.4 is 5.32 Å². The van der Waals surface area contributed by atoms with E-state index in [0.717, 1.165) is 26.1 Å².